The Balaban J connectivity index is 2.05. The summed E-state index contributed by atoms with van der Waals surface area (Å²) in [5, 5.41) is 15.1. The van der Waals surface area contributed by atoms with E-state index in [1.807, 2.05) is 10.6 Å². The van der Waals surface area contributed by atoms with Crippen LogP contribution in [-0.4, -0.2) is 22.8 Å². The molecule has 0 aromatic heterocycles. The number of alkyl halides is 3. The number of imide groups is 2. The monoisotopic (exact) mass is 455 g/mol. The summed E-state index contributed by atoms with van der Waals surface area (Å²) in [5.41, 5.74) is -2.70. The van der Waals surface area contributed by atoms with Crippen molar-refractivity contribution < 1.29 is 37.2 Å². The summed E-state index contributed by atoms with van der Waals surface area (Å²) in [5.74, 6) is -2.70. The highest BCUT2D eigenvalue weighted by molar-refractivity contribution is 6.32. The first-order valence-corrected chi connectivity index (χ1v) is 8.55. The van der Waals surface area contributed by atoms with Gasteiger partial charge in [-0.05, 0) is 36.4 Å². The SMILES string of the molecule is O=C1NC(=O)C(=Cc2cc(Cl)ccc2Oc2ccc(C(F)(F)F)cc2[N+](=O)[O-])C(=O)N1. The summed E-state index contributed by atoms with van der Waals surface area (Å²) in [4.78, 5) is 45.2. The molecule has 2 aromatic carbocycles. The van der Waals surface area contributed by atoms with Crippen molar-refractivity contribution in [1.29, 1.82) is 0 Å². The molecule has 160 valence electrons. The molecule has 4 amide bonds. The Bertz CT molecular complexity index is 1140. The van der Waals surface area contributed by atoms with Crippen LogP contribution in [0.2, 0.25) is 5.02 Å². The van der Waals surface area contributed by atoms with E-state index < -0.39 is 51.5 Å². The van der Waals surface area contributed by atoms with Gasteiger partial charge in [0.25, 0.3) is 11.8 Å². The maximum atomic E-state index is 12.9. The highest BCUT2D eigenvalue weighted by Gasteiger charge is 2.34. The van der Waals surface area contributed by atoms with Gasteiger partial charge in [-0.15, -0.1) is 0 Å². The minimum atomic E-state index is -4.81. The van der Waals surface area contributed by atoms with Crippen LogP contribution >= 0.6 is 11.6 Å². The zero-order valence-electron chi connectivity index (χ0n) is 15.0. The van der Waals surface area contributed by atoms with Crippen molar-refractivity contribution in [3.63, 3.8) is 0 Å². The average molecular weight is 456 g/mol. The lowest BCUT2D eigenvalue weighted by atomic mass is 10.1. The molecular weight excluding hydrogens is 447 g/mol. The van der Waals surface area contributed by atoms with E-state index >= 15 is 0 Å². The molecular formula is C18H9ClF3N3O6. The molecule has 0 radical (unpaired) electrons. The molecule has 0 unspecified atom stereocenters. The van der Waals surface area contributed by atoms with Gasteiger partial charge in [0.15, 0.2) is 0 Å². The van der Waals surface area contributed by atoms with Crippen molar-refractivity contribution in [2.45, 2.75) is 6.18 Å². The number of halogens is 4. The molecule has 0 bridgehead atoms. The molecule has 0 saturated carbocycles. The van der Waals surface area contributed by atoms with Crippen molar-refractivity contribution in [2.24, 2.45) is 0 Å². The van der Waals surface area contributed by atoms with E-state index in [1.54, 1.807) is 0 Å². The van der Waals surface area contributed by atoms with Gasteiger partial charge in [-0.2, -0.15) is 13.2 Å². The Morgan fingerprint density at radius 2 is 1.61 bits per heavy atom. The molecule has 0 spiro atoms. The fraction of sp³-hybridized carbons (Fsp3) is 0.0556. The van der Waals surface area contributed by atoms with Crippen molar-refractivity contribution in [2.75, 3.05) is 0 Å². The second-order valence-electron chi connectivity index (χ2n) is 6.02. The normalized spacial score (nSPS) is 14.1. The van der Waals surface area contributed by atoms with Crippen LogP contribution in [0.1, 0.15) is 11.1 Å². The topological polar surface area (TPSA) is 128 Å². The first-order valence-electron chi connectivity index (χ1n) is 8.17. The molecule has 2 aromatic rings. The quantitative estimate of drug-likeness (QED) is 0.312. The predicted octanol–water partition coefficient (Wildman–Crippen LogP) is 3.81. The number of hydrogen-bond acceptors (Lipinski definition) is 6. The minimum absolute atomic E-state index is 0.00338. The number of benzene rings is 2. The Hall–Kier alpha value is -3.93. The molecule has 2 N–H and O–H groups in total. The smallest absolute Gasteiger partial charge is 0.416 e. The van der Waals surface area contributed by atoms with E-state index in [-0.39, 0.29) is 16.3 Å². The van der Waals surface area contributed by atoms with Crippen LogP contribution < -0.4 is 15.4 Å². The number of barbiturate groups is 1. The predicted molar refractivity (Wildman–Crippen MR) is 99.3 cm³/mol. The van der Waals surface area contributed by atoms with Crippen LogP contribution in [0.4, 0.5) is 23.7 Å². The molecule has 9 nitrogen and oxygen atoms in total. The number of amides is 4. The summed E-state index contributed by atoms with van der Waals surface area (Å²) >= 11 is 5.91. The van der Waals surface area contributed by atoms with E-state index in [4.69, 9.17) is 16.3 Å². The van der Waals surface area contributed by atoms with Crippen LogP contribution in [0.25, 0.3) is 6.08 Å². The van der Waals surface area contributed by atoms with E-state index in [2.05, 4.69) is 0 Å². The van der Waals surface area contributed by atoms with E-state index in [9.17, 15) is 37.7 Å². The second kappa shape index (κ2) is 8.07. The Labute approximate surface area is 175 Å². The van der Waals surface area contributed by atoms with Gasteiger partial charge in [-0.25, -0.2) is 4.79 Å². The van der Waals surface area contributed by atoms with Crippen molar-refractivity contribution >= 4 is 41.2 Å². The van der Waals surface area contributed by atoms with Gasteiger partial charge in [0.05, 0.1) is 10.5 Å². The molecule has 1 saturated heterocycles. The van der Waals surface area contributed by atoms with Gasteiger partial charge in [0, 0.05) is 16.7 Å². The van der Waals surface area contributed by atoms with Crippen molar-refractivity contribution in [1.82, 2.24) is 10.6 Å². The van der Waals surface area contributed by atoms with Crippen LogP contribution in [-0.2, 0) is 15.8 Å². The Kier molecular flexibility index (Phi) is 5.66. The van der Waals surface area contributed by atoms with Gasteiger partial charge in [-0.3, -0.25) is 30.3 Å². The molecule has 31 heavy (non-hydrogen) atoms. The molecule has 1 fully saturated rings. The summed E-state index contributed by atoms with van der Waals surface area (Å²) < 4.78 is 44.0. The molecule has 1 aliphatic heterocycles. The molecule has 3 rings (SSSR count). The number of hydrogen-bond donors (Lipinski definition) is 2. The first-order chi connectivity index (χ1) is 14.5. The number of nitro benzene ring substituents is 1. The maximum Gasteiger partial charge on any atom is 0.416 e. The van der Waals surface area contributed by atoms with Gasteiger partial charge < -0.3 is 4.74 Å². The summed E-state index contributed by atoms with van der Waals surface area (Å²) in [6.45, 7) is 0. The van der Waals surface area contributed by atoms with Gasteiger partial charge >= 0.3 is 17.9 Å². The van der Waals surface area contributed by atoms with Gasteiger partial charge in [0.1, 0.15) is 11.3 Å². The third kappa shape index (κ3) is 4.80. The zero-order valence-corrected chi connectivity index (χ0v) is 15.7. The third-order valence-corrected chi connectivity index (χ3v) is 4.15. The minimum Gasteiger partial charge on any atom is -0.449 e. The van der Waals surface area contributed by atoms with Crippen molar-refractivity contribution in [3.05, 3.63) is 68.2 Å². The Morgan fingerprint density at radius 1 is 1.00 bits per heavy atom. The van der Waals surface area contributed by atoms with E-state index in [0.717, 1.165) is 12.1 Å². The van der Waals surface area contributed by atoms with E-state index in [0.29, 0.717) is 12.1 Å². The lowest BCUT2D eigenvalue weighted by molar-refractivity contribution is -0.385. The number of nitrogens with zero attached hydrogens (tertiary/aromatic N) is 1. The fourth-order valence-corrected chi connectivity index (χ4v) is 2.71. The van der Waals surface area contributed by atoms with Gasteiger partial charge in [0.2, 0.25) is 5.75 Å². The van der Waals surface area contributed by atoms with E-state index in [1.165, 1.54) is 18.2 Å². The second-order valence-corrected chi connectivity index (χ2v) is 6.45. The number of rotatable bonds is 4. The Morgan fingerprint density at radius 3 is 2.19 bits per heavy atom. The number of nitro groups is 1. The van der Waals surface area contributed by atoms with Crippen LogP contribution in [0.5, 0.6) is 11.5 Å². The van der Waals surface area contributed by atoms with Crippen LogP contribution in [0.15, 0.2) is 42.0 Å². The number of ether oxygens (including phenoxy) is 1. The molecule has 1 aliphatic rings. The van der Waals surface area contributed by atoms with Gasteiger partial charge in [-0.1, -0.05) is 11.6 Å². The highest BCUT2D eigenvalue weighted by Crippen LogP contribution is 2.39. The lowest BCUT2D eigenvalue weighted by Gasteiger charge is -2.15. The average Bonchev–Trinajstić information content (AvgIpc) is 2.65. The third-order valence-electron chi connectivity index (χ3n) is 3.92. The highest BCUT2D eigenvalue weighted by atomic mass is 35.5. The largest absolute Gasteiger partial charge is 0.449 e. The zero-order chi connectivity index (χ0) is 22.9. The molecule has 13 heteroatoms. The standard InChI is InChI=1S/C18H9ClF3N3O6/c19-10-2-4-13(8(5-10)6-11-15(26)23-17(28)24-16(11)27)31-14-3-1-9(18(20,21)22)7-12(14)25(29)30/h1-7H,(H2,23,24,26,27,28). The summed E-state index contributed by atoms with van der Waals surface area (Å²) in [7, 11) is 0. The fourth-order valence-electron chi connectivity index (χ4n) is 2.53. The van der Waals surface area contributed by atoms with Crippen molar-refractivity contribution in [3.8, 4) is 11.5 Å². The van der Waals surface area contributed by atoms with Crippen LogP contribution in [0.3, 0.4) is 0 Å². The first kappa shape index (κ1) is 21.8. The maximum absolute atomic E-state index is 12.9. The number of carbonyl (C=O) groups is 3. The summed E-state index contributed by atoms with van der Waals surface area (Å²) in [6, 6.07) is 4.47. The van der Waals surface area contributed by atoms with Crippen LogP contribution in [0, 0.1) is 10.1 Å². The number of nitrogens with one attached hydrogen (secondary N) is 2. The molecule has 0 aliphatic carbocycles. The number of urea groups is 1. The summed E-state index contributed by atoms with van der Waals surface area (Å²) in [6.07, 6.45) is -3.80. The molecule has 1 heterocycles. The molecule has 0 atom stereocenters. The number of carbonyl (C=O) groups excluding carboxylic acids is 3. The lowest BCUT2D eigenvalue weighted by Crippen LogP contribution is -2.51.